The van der Waals surface area contributed by atoms with Crippen LogP contribution in [0.15, 0.2) is 42.5 Å². The Morgan fingerprint density at radius 1 is 1.06 bits per heavy atom. The number of anilines is 1. The number of carbonyl (C=O) groups is 3. The minimum Gasteiger partial charge on any atom is -0.486 e. The SMILES string of the molecule is Cc1cccc(NC(=O)NC(=O)COC(=O)c2sc(COc3ccc(Cl)cc3)nc2C)c1C. The summed E-state index contributed by atoms with van der Waals surface area (Å²) in [7, 11) is 0. The zero-order valence-electron chi connectivity index (χ0n) is 18.2. The van der Waals surface area contributed by atoms with E-state index in [0.29, 0.717) is 27.2 Å². The lowest BCUT2D eigenvalue weighted by Crippen LogP contribution is -2.37. The summed E-state index contributed by atoms with van der Waals surface area (Å²) in [6.45, 7) is 5.00. The number of aryl methyl sites for hydroxylation is 2. The number of rotatable bonds is 7. The molecule has 0 unspecified atom stereocenters. The van der Waals surface area contributed by atoms with E-state index in [1.807, 2.05) is 19.9 Å². The largest absolute Gasteiger partial charge is 0.486 e. The van der Waals surface area contributed by atoms with Crippen LogP contribution >= 0.6 is 22.9 Å². The molecule has 0 aliphatic rings. The van der Waals surface area contributed by atoms with E-state index in [-0.39, 0.29) is 11.5 Å². The standard InChI is InChI=1S/C23H22ClN3O5S/c1-13-5-4-6-18(14(13)2)26-23(30)27-19(28)11-32-22(29)21-15(3)25-20(33-21)12-31-17-9-7-16(24)8-10-17/h4-10H,11-12H2,1-3H3,(H2,26,27,28,30). The summed E-state index contributed by atoms with van der Waals surface area (Å²) in [6, 6.07) is 11.6. The zero-order valence-corrected chi connectivity index (χ0v) is 19.8. The minimum atomic E-state index is -0.750. The summed E-state index contributed by atoms with van der Waals surface area (Å²) < 4.78 is 10.7. The third-order valence-electron chi connectivity index (χ3n) is 4.64. The summed E-state index contributed by atoms with van der Waals surface area (Å²) in [6.07, 6.45) is 0. The Bertz CT molecular complexity index is 1180. The number of imide groups is 1. The van der Waals surface area contributed by atoms with Gasteiger partial charge in [-0.15, -0.1) is 11.3 Å². The monoisotopic (exact) mass is 487 g/mol. The average Bonchev–Trinajstić information content (AvgIpc) is 3.15. The Labute approximate surface area is 199 Å². The number of ether oxygens (including phenoxy) is 2. The number of nitrogens with one attached hydrogen (secondary N) is 2. The molecule has 1 heterocycles. The Morgan fingerprint density at radius 2 is 1.79 bits per heavy atom. The minimum absolute atomic E-state index is 0.166. The molecular weight excluding hydrogens is 466 g/mol. The number of hydrogen-bond acceptors (Lipinski definition) is 7. The average molecular weight is 488 g/mol. The first-order valence-corrected chi connectivity index (χ1v) is 11.1. The van der Waals surface area contributed by atoms with Gasteiger partial charge in [0, 0.05) is 10.7 Å². The molecule has 172 valence electrons. The van der Waals surface area contributed by atoms with Crippen LogP contribution in [0.4, 0.5) is 10.5 Å². The quantitative estimate of drug-likeness (QED) is 0.463. The van der Waals surface area contributed by atoms with Crippen LogP contribution in [0.3, 0.4) is 0 Å². The zero-order chi connectivity index (χ0) is 24.0. The summed E-state index contributed by atoms with van der Waals surface area (Å²) in [5.74, 6) is -0.834. The lowest BCUT2D eigenvalue weighted by molar-refractivity contribution is -0.123. The van der Waals surface area contributed by atoms with E-state index in [4.69, 9.17) is 21.1 Å². The van der Waals surface area contributed by atoms with Gasteiger partial charge in [0.25, 0.3) is 5.91 Å². The van der Waals surface area contributed by atoms with Crippen LogP contribution in [0.5, 0.6) is 5.75 Å². The summed E-state index contributed by atoms with van der Waals surface area (Å²) in [5.41, 5.74) is 2.95. The highest BCUT2D eigenvalue weighted by molar-refractivity contribution is 7.13. The molecule has 2 aromatic carbocycles. The van der Waals surface area contributed by atoms with Crippen molar-refractivity contribution in [3.63, 3.8) is 0 Å². The van der Waals surface area contributed by atoms with Gasteiger partial charge < -0.3 is 14.8 Å². The van der Waals surface area contributed by atoms with Crippen molar-refractivity contribution >= 4 is 46.5 Å². The summed E-state index contributed by atoms with van der Waals surface area (Å²) in [5, 5.41) is 5.92. The number of amides is 3. The van der Waals surface area contributed by atoms with Crippen molar-refractivity contribution in [3.05, 3.63) is 74.2 Å². The topological polar surface area (TPSA) is 107 Å². The molecule has 8 nitrogen and oxygen atoms in total. The van der Waals surface area contributed by atoms with Crippen LogP contribution in [0.2, 0.25) is 5.02 Å². The first-order chi connectivity index (χ1) is 15.7. The maximum absolute atomic E-state index is 12.4. The van der Waals surface area contributed by atoms with Crippen molar-refractivity contribution in [2.45, 2.75) is 27.4 Å². The highest BCUT2D eigenvalue weighted by Gasteiger charge is 2.19. The van der Waals surface area contributed by atoms with Crippen LogP contribution in [-0.2, 0) is 16.1 Å². The van der Waals surface area contributed by atoms with Gasteiger partial charge in [0.1, 0.15) is 22.2 Å². The molecule has 0 fully saturated rings. The van der Waals surface area contributed by atoms with Crippen LogP contribution in [0.1, 0.15) is 31.5 Å². The number of halogens is 1. The number of esters is 1. The van der Waals surface area contributed by atoms with Crippen molar-refractivity contribution < 1.29 is 23.9 Å². The van der Waals surface area contributed by atoms with Gasteiger partial charge in [0.2, 0.25) is 0 Å². The fourth-order valence-corrected chi connectivity index (χ4v) is 3.78. The normalized spacial score (nSPS) is 10.4. The van der Waals surface area contributed by atoms with E-state index in [9.17, 15) is 14.4 Å². The Kier molecular flexibility index (Phi) is 8.02. The number of benzene rings is 2. The van der Waals surface area contributed by atoms with Crippen molar-refractivity contribution in [2.75, 3.05) is 11.9 Å². The molecule has 0 saturated carbocycles. The molecule has 3 aromatic rings. The first-order valence-electron chi connectivity index (χ1n) is 9.91. The van der Waals surface area contributed by atoms with Crippen LogP contribution in [0, 0.1) is 20.8 Å². The first kappa shape index (κ1) is 24.2. The number of aromatic nitrogens is 1. The molecule has 0 aliphatic carbocycles. The van der Waals surface area contributed by atoms with Gasteiger partial charge in [-0.3, -0.25) is 10.1 Å². The second kappa shape index (κ2) is 10.9. The molecular formula is C23H22ClN3O5S. The molecule has 10 heteroatoms. The number of hydrogen-bond donors (Lipinski definition) is 2. The van der Waals surface area contributed by atoms with Crippen molar-refractivity contribution in [2.24, 2.45) is 0 Å². The van der Waals surface area contributed by atoms with E-state index in [1.165, 1.54) is 0 Å². The van der Waals surface area contributed by atoms with Crippen molar-refractivity contribution in [1.82, 2.24) is 10.3 Å². The van der Waals surface area contributed by atoms with Gasteiger partial charge in [0.15, 0.2) is 6.61 Å². The molecule has 0 spiro atoms. The fraction of sp³-hybridized carbons (Fsp3) is 0.217. The number of nitrogens with zero attached hydrogens (tertiary/aromatic N) is 1. The van der Waals surface area contributed by atoms with Gasteiger partial charge in [-0.05, 0) is 62.2 Å². The predicted molar refractivity (Wildman–Crippen MR) is 126 cm³/mol. The highest BCUT2D eigenvalue weighted by atomic mass is 35.5. The highest BCUT2D eigenvalue weighted by Crippen LogP contribution is 2.22. The second-order valence-electron chi connectivity index (χ2n) is 7.09. The predicted octanol–water partition coefficient (Wildman–Crippen LogP) is 4.81. The van der Waals surface area contributed by atoms with Crippen LogP contribution in [0.25, 0.3) is 0 Å². The fourth-order valence-electron chi connectivity index (χ4n) is 2.78. The van der Waals surface area contributed by atoms with E-state index in [1.54, 1.807) is 43.3 Å². The number of thiazole rings is 1. The van der Waals surface area contributed by atoms with Crippen molar-refractivity contribution in [1.29, 1.82) is 0 Å². The Morgan fingerprint density at radius 3 is 2.52 bits per heavy atom. The summed E-state index contributed by atoms with van der Waals surface area (Å²) in [4.78, 5) is 41.0. The van der Waals surface area contributed by atoms with E-state index in [2.05, 4.69) is 15.6 Å². The van der Waals surface area contributed by atoms with Gasteiger partial charge in [-0.25, -0.2) is 14.6 Å². The molecule has 0 saturated heterocycles. The molecule has 3 rings (SSSR count). The van der Waals surface area contributed by atoms with Gasteiger partial charge in [-0.1, -0.05) is 23.7 Å². The second-order valence-corrected chi connectivity index (χ2v) is 8.61. The lowest BCUT2D eigenvalue weighted by atomic mass is 10.1. The van der Waals surface area contributed by atoms with Gasteiger partial charge in [0.05, 0.1) is 5.69 Å². The van der Waals surface area contributed by atoms with Gasteiger partial charge in [-0.2, -0.15) is 0 Å². The molecule has 0 bridgehead atoms. The van der Waals surface area contributed by atoms with Crippen molar-refractivity contribution in [3.8, 4) is 5.75 Å². The van der Waals surface area contributed by atoms with Crippen LogP contribution < -0.4 is 15.4 Å². The molecule has 3 amide bonds. The molecule has 33 heavy (non-hydrogen) atoms. The van der Waals surface area contributed by atoms with E-state index in [0.717, 1.165) is 22.5 Å². The third-order valence-corrected chi connectivity index (χ3v) is 6.01. The Balaban J connectivity index is 1.48. The maximum atomic E-state index is 12.4. The molecule has 2 N–H and O–H groups in total. The number of carbonyl (C=O) groups excluding carboxylic acids is 3. The van der Waals surface area contributed by atoms with Gasteiger partial charge >= 0.3 is 12.0 Å². The molecule has 1 aromatic heterocycles. The molecule has 0 atom stereocenters. The molecule has 0 aliphatic heterocycles. The van der Waals surface area contributed by atoms with E-state index < -0.39 is 24.5 Å². The lowest BCUT2D eigenvalue weighted by Gasteiger charge is -2.11. The molecule has 0 radical (unpaired) electrons. The third kappa shape index (κ3) is 6.77. The van der Waals surface area contributed by atoms with E-state index >= 15 is 0 Å². The summed E-state index contributed by atoms with van der Waals surface area (Å²) >= 11 is 6.96. The smallest absolute Gasteiger partial charge is 0.350 e. The Hall–Kier alpha value is -3.43. The number of urea groups is 1. The maximum Gasteiger partial charge on any atom is 0.350 e. The van der Waals surface area contributed by atoms with Crippen LogP contribution in [-0.4, -0.2) is 29.5 Å².